The molecule has 100 valence electrons. The highest BCUT2D eigenvalue weighted by molar-refractivity contribution is 9.10. The van der Waals surface area contributed by atoms with Gasteiger partial charge in [-0.15, -0.1) is 0 Å². The molecule has 1 atom stereocenters. The molecule has 1 aromatic carbocycles. The summed E-state index contributed by atoms with van der Waals surface area (Å²) < 4.78 is 11.9. The smallest absolute Gasteiger partial charge is 0.123 e. The Hall–Kier alpha value is -0.580. The maximum Gasteiger partial charge on any atom is 0.123 e. The number of hydrogen-bond acceptors (Lipinski definition) is 3. The van der Waals surface area contributed by atoms with Gasteiger partial charge in [0.2, 0.25) is 0 Å². The van der Waals surface area contributed by atoms with Gasteiger partial charge in [0.1, 0.15) is 5.75 Å². The molecule has 2 rings (SSSR count). The van der Waals surface area contributed by atoms with Crippen LogP contribution in [0.1, 0.15) is 30.0 Å². The fourth-order valence-corrected chi connectivity index (χ4v) is 2.80. The van der Waals surface area contributed by atoms with Gasteiger partial charge in [0.15, 0.2) is 0 Å². The molecule has 1 unspecified atom stereocenters. The molecule has 1 aromatic rings. The highest BCUT2D eigenvalue weighted by atomic mass is 79.9. The van der Waals surface area contributed by atoms with Gasteiger partial charge in [-0.25, -0.2) is 0 Å². The molecule has 0 amide bonds. The van der Waals surface area contributed by atoms with Gasteiger partial charge >= 0.3 is 0 Å². The minimum Gasteiger partial charge on any atom is -0.496 e. The maximum atomic E-state index is 6.41. The number of nitrogens with two attached hydrogens (primary N) is 1. The highest BCUT2D eigenvalue weighted by Gasteiger charge is 2.25. The average molecular weight is 314 g/mol. The van der Waals surface area contributed by atoms with Gasteiger partial charge in [0.05, 0.1) is 7.11 Å². The fourth-order valence-electron chi connectivity index (χ4n) is 2.44. The van der Waals surface area contributed by atoms with E-state index in [9.17, 15) is 0 Å². The summed E-state index contributed by atoms with van der Waals surface area (Å²) in [7, 11) is 1.70. The lowest BCUT2D eigenvalue weighted by Gasteiger charge is -2.29. The molecule has 1 heterocycles. The van der Waals surface area contributed by atoms with Crippen LogP contribution in [0.4, 0.5) is 0 Å². The Morgan fingerprint density at radius 3 is 2.67 bits per heavy atom. The van der Waals surface area contributed by atoms with Crippen molar-refractivity contribution >= 4 is 15.9 Å². The predicted octanol–water partition coefficient (Wildman–Crippen LogP) is 3.19. The number of hydrogen-bond donors (Lipinski definition) is 1. The summed E-state index contributed by atoms with van der Waals surface area (Å²) in [5.41, 5.74) is 8.66. The molecule has 0 radical (unpaired) electrons. The van der Waals surface area contributed by atoms with Crippen LogP contribution in [0.5, 0.6) is 5.75 Å². The van der Waals surface area contributed by atoms with Crippen molar-refractivity contribution in [1.29, 1.82) is 0 Å². The van der Waals surface area contributed by atoms with Crippen molar-refractivity contribution in [2.24, 2.45) is 11.7 Å². The first-order valence-electron chi connectivity index (χ1n) is 6.31. The van der Waals surface area contributed by atoms with Crippen molar-refractivity contribution in [3.05, 3.63) is 27.7 Å². The van der Waals surface area contributed by atoms with Gasteiger partial charge in [-0.2, -0.15) is 0 Å². The molecule has 3 nitrogen and oxygen atoms in total. The van der Waals surface area contributed by atoms with Crippen LogP contribution in [0.15, 0.2) is 16.6 Å². The molecule has 0 saturated carbocycles. The van der Waals surface area contributed by atoms with E-state index in [1.165, 1.54) is 0 Å². The fraction of sp³-hybridized carbons (Fsp3) is 0.571. The van der Waals surface area contributed by atoms with Crippen molar-refractivity contribution in [3.8, 4) is 5.75 Å². The highest BCUT2D eigenvalue weighted by Crippen LogP contribution is 2.36. The molecule has 2 N–H and O–H groups in total. The lowest BCUT2D eigenvalue weighted by molar-refractivity contribution is 0.0581. The molecule has 0 spiro atoms. The zero-order valence-electron chi connectivity index (χ0n) is 10.9. The van der Waals surface area contributed by atoms with E-state index < -0.39 is 0 Å². The van der Waals surface area contributed by atoms with Gasteiger partial charge in [-0.3, -0.25) is 0 Å². The minimum atomic E-state index is 0.0146. The van der Waals surface area contributed by atoms with Crippen LogP contribution in [0.3, 0.4) is 0 Å². The maximum absolute atomic E-state index is 6.41. The minimum absolute atomic E-state index is 0.0146. The Kier molecular flexibility index (Phi) is 4.65. The van der Waals surface area contributed by atoms with Crippen molar-refractivity contribution < 1.29 is 9.47 Å². The SMILES string of the molecule is COc1cc(C)c(Br)cc1C(N)C1CCOCC1. The molecule has 1 aliphatic heterocycles. The summed E-state index contributed by atoms with van der Waals surface area (Å²) in [6.45, 7) is 3.68. The molecular weight excluding hydrogens is 294 g/mol. The van der Waals surface area contributed by atoms with Crippen LogP contribution in [0.25, 0.3) is 0 Å². The van der Waals surface area contributed by atoms with Gasteiger partial charge in [-0.1, -0.05) is 15.9 Å². The van der Waals surface area contributed by atoms with Crippen LogP contribution >= 0.6 is 15.9 Å². The molecule has 1 aliphatic rings. The van der Waals surface area contributed by atoms with E-state index in [-0.39, 0.29) is 6.04 Å². The molecule has 4 heteroatoms. The number of halogens is 1. The largest absolute Gasteiger partial charge is 0.496 e. The van der Waals surface area contributed by atoms with E-state index in [2.05, 4.69) is 28.9 Å². The van der Waals surface area contributed by atoms with Crippen LogP contribution < -0.4 is 10.5 Å². The van der Waals surface area contributed by atoms with Gasteiger partial charge in [0.25, 0.3) is 0 Å². The third-order valence-electron chi connectivity index (χ3n) is 3.64. The van der Waals surface area contributed by atoms with E-state index in [1.807, 2.05) is 6.07 Å². The number of rotatable bonds is 3. The van der Waals surface area contributed by atoms with Crippen molar-refractivity contribution in [3.63, 3.8) is 0 Å². The Labute approximate surface area is 117 Å². The van der Waals surface area contributed by atoms with Crippen LogP contribution in [0.2, 0.25) is 0 Å². The first-order chi connectivity index (χ1) is 8.63. The van der Waals surface area contributed by atoms with Crippen LogP contribution in [-0.2, 0) is 4.74 Å². The van der Waals surface area contributed by atoms with Crippen molar-refractivity contribution in [2.45, 2.75) is 25.8 Å². The molecule has 1 saturated heterocycles. The Morgan fingerprint density at radius 1 is 1.39 bits per heavy atom. The number of ether oxygens (including phenoxy) is 2. The second kappa shape index (κ2) is 6.04. The zero-order valence-corrected chi connectivity index (χ0v) is 12.5. The lowest BCUT2D eigenvalue weighted by Crippen LogP contribution is -2.27. The van der Waals surface area contributed by atoms with E-state index >= 15 is 0 Å². The Morgan fingerprint density at radius 2 is 2.06 bits per heavy atom. The predicted molar refractivity (Wildman–Crippen MR) is 75.9 cm³/mol. The van der Waals surface area contributed by atoms with Gasteiger partial charge < -0.3 is 15.2 Å². The van der Waals surface area contributed by atoms with Crippen molar-refractivity contribution in [2.75, 3.05) is 20.3 Å². The quantitative estimate of drug-likeness (QED) is 0.932. The molecular formula is C14H20BrNO2. The molecule has 0 aliphatic carbocycles. The van der Waals surface area contributed by atoms with Crippen LogP contribution in [-0.4, -0.2) is 20.3 Å². The standard InChI is InChI=1S/C14H20BrNO2/c1-9-7-13(17-2)11(8-12(9)15)14(16)10-3-5-18-6-4-10/h7-8,10,14H,3-6,16H2,1-2H3. The summed E-state index contributed by atoms with van der Waals surface area (Å²) >= 11 is 3.57. The normalized spacial score (nSPS) is 18.7. The van der Waals surface area contributed by atoms with Gasteiger partial charge in [0, 0.05) is 29.3 Å². The first kappa shape index (κ1) is 13.8. The van der Waals surface area contributed by atoms with E-state index in [4.69, 9.17) is 15.2 Å². The monoisotopic (exact) mass is 313 g/mol. The summed E-state index contributed by atoms with van der Waals surface area (Å²) in [5, 5.41) is 0. The topological polar surface area (TPSA) is 44.5 Å². The average Bonchev–Trinajstić information content (AvgIpc) is 2.41. The Bertz CT molecular complexity index is 417. The van der Waals surface area contributed by atoms with E-state index in [0.717, 1.165) is 47.4 Å². The summed E-state index contributed by atoms with van der Waals surface area (Å²) in [6.07, 6.45) is 2.05. The molecule has 18 heavy (non-hydrogen) atoms. The second-order valence-electron chi connectivity index (χ2n) is 4.82. The second-order valence-corrected chi connectivity index (χ2v) is 5.67. The first-order valence-corrected chi connectivity index (χ1v) is 7.10. The number of benzene rings is 1. The molecule has 0 bridgehead atoms. The zero-order chi connectivity index (χ0) is 13.1. The van der Waals surface area contributed by atoms with Gasteiger partial charge in [-0.05, 0) is 43.4 Å². The third-order valence-corrected chi connectivity index (χ3v) is 4.50. The summed E-state index contributed by atoms with van der Waals surface area (Å²) in [6, 6.07) is 4.15. The molecule has 1 fully saturated rings. The van der Waals surface area contributed by atoms with Crippen LogP contribution in [0, 0.1) is 12.8 Å². The summed E-state index contributed by atoms with van der Waals surface area (Å²) in [5.74, 6) is 1.36. The van der Waals surface area contributed by atoms with E-state index in [0.29, 0.717) is 5.92 Å². The third kappa shape index (κ3) is 2.87. The summed E-state index contributed by atoms with van der Waals surface area (Å²) in [4.78, 5) is 0. The van der Waals surface area contributed by atoms with E-state index in [1.54, 1.807) is 7.11 Å². The lowest BCUT2D eigenvalue weighted by atomic mass is 9.87. The Balaban J connectivity index is 2.27. The molecule has 0 aromatic heterocycles. The van der Waals surface area contributed by atoms with Crippen molar-refractivity contribution in [1.82, 2.24) is 0 Å². The number of aryl methyl sites for hydroxylation is 1. The number of methoxy groups -OCH3 is 1.